The Labute approximate surface area is 105 Å². The van der Waals surface area contributed by atoms with E-state index in [4.69, 9.17) is 10.9 Å². The van der Waals surface area contributed by atoms with Gasteiger partial charge in [0.15, 0.2) is 11.3 Å². The van der Waals surface area contributed by atoms with Gasteiger partial charge in [0.25, 0.3) is 0 Å². The summed E-state index contributed by atoms with van der Waals surface area (Å²) in [5, 5.41) is 16.3. The number of nitrogens with one attached hydrogen (secondary N) is 1. The molecule has 0 aromatic carbocycles. The summed E-state index contributed by atoms with van der Waals surface area (Å²) < 4.78 is 1.10. The number of hydrogen-bond acceptors (Lipinski definition) is 6. The molecule has 0 atom stereocenters. The minimum absolute atomic E-state index is 0.180. The van der Waals surface area contributed by atoms with Gasteiger partial charge in [-0.15, -0.1) is 10.2 Å². The molecule has 0 bridgehead atoms. The maximum atomic E-state index is 11.6. The van der Waals surface area contributed by atoms with Gasteiger partial charge in [0.05, 0.1) is 11.3 Å². The lowest BCUT2D eigenvalue weighted by Crippen LogP contribution is -2.15. The van der Waals surface area contributed by atoms with E-state index >= 15 is 0 Å². The zero-order valence-corrected chi connectivity index (χ0v) is 9.85. The molecule has 8 nitrogen and oxygen atoms in total. The van der Waals surface area contributed by atoms with Crippen LogP contribution in [0, 0.1) is 0 Å². The molecule has 0 amide bonds. The largest absolute Gasteiger partial charge is 0.481 e. The van der Waals surface area contributed by atoms with Crippen LogP contribution in [0.3, 0.4) is 0 Å². The number of carbonyl (C=O) groups is 1. The van der Waals surface area contributed by atoms with Crippen LogP contribution >= 0.6 is 11.8 Å². The van der Waals surface area contributed by atoms with Crippen molar-refractivity contribution in [3.63, 3.8) is 0 Å². The summed E-state index contributed by atoms with van der Waals surface area (Å²) in [6.07, 6.45) is 2.95. The number of carboxylic acids is 1. The van der Waals surface area contributed by atoms with Crippen LogP contribution in [0.25, 0.3) is 11.4 Å². The Bertz CT molecular complexity index is 635. The Morgan fingerprint density at radius 1 is 1.56 bits per heavy atom. The number of nitrogens with zero attached hydrogens (tertiary/aromatic N) is 3. The summed E-state index contributed by atoms with van der Waals surface area (Å²) >= 11 is 0.929. The minimum atomic E-state index is -0.984. The highest BCUT2D eigenvalue weighted by atomic mass is 32.2. The van der Waals surface area contributed by atoms with Gasteiger partial charge in [-0.1, -0.05) is 11.8 Å². The molecule has 94 valence electrons. The molecule has 0 radical (unpaired) electrons. The van der Waals surface area contributed by atoms with Crippen LogP contribution in [-0.4, -0.2) is 36.7 Å². The lowest BCUT2D eigenvalue weighted by Gasteiger charge is -2.01. The number of rotatable bonds is 4. The van der Waals surface area contributed by atoms with Crippen molar-refractivity contribution in [3.05, 3.63) is 28.7 Å². The van der Waals surface area contributed by atoms with E-state index in [1.807, 2.05) is 0 Å². The summed E-state index contributed by atoms with van der Waals surface area (Å²) in [6.45, 7) is 0. The van der Waals surface area contributed by atoms with Crippen LogP contribution in [-0.2, 0) is 4.79 Å². The molecule has 0 unspecified atom stereocenters. The molecular formula is C9H9N5O3S. The number of aromatic nitrogens is 4. The predicted octanol–water partition coefficient (Wildman–Crippen LogP) is -0.476. The van der Waals surface area contributed by atoms with Gasteiger partial charge in [-0.3, -0.25) is 9.59 Å². The number of H-pyrrole nitrogens is 1. The molecule has 0 saturated carbocycles. The third-order valence-corrected chi connectivity index (χ3v) is 2.98. The molecule has 2 aromatic rings. The lowest BCUT2D eigenvalue weighted by atomic mass is 10.2. The van der Waals surface area contributed by atoms with Crippen molar-refractivity contribution in [3.8, 4) is 11.4 Å². The number of carboxylic acid groups (broad SMARTS) is 1. The molecule has 0 aliphatic rings. The van der Waals surface area contributed by atoms with Gasteiger partial charge in [-0.2, -0.15) is 0 Å². The van der Waals surface area contributed by atoms with E-state index < -0.39 is 5.97 Å². The monoisotopic (exact) mass is 267 g/mol. The van der Waals surface area contributed by atoms with Crippen molar-refractivity contribution in [2.45, 2.75) is 5.16 Å². The molecule has 0 aliphatic carbocycles. The average Bonchev–Trinajstić information content (AvgIpc) is 2.69. The first-order chi connectivity index (χ1) is 8.59. The van der Waals surface area contributed by atoms with E-state index in [0.29, 0.717) is 0 Å². The zero-order valence-electron chi connectivity index (χ0n) is 9.03. The molecule has 2 rings (SSSR count). The van der Waals surface area contributed by atoms with E-state index in [1.54, 1.807) is 0 Å². The van der Waals surface area contributed by atoms with Crippen molar-refractivity contribution in [1.29, 1.82) is 0 Å². The van der Waals surface area contributed by atoms with Gasteiger partial charge < -0.3 is 15.9 Å². The summed E-state index contributed by atoms with van der Waals surface area (Å²) in [4.78, 5) is 24.8. The molecule has 0 fully saturated rings. The fourth-order valence-corrected chi connectivity index (χ4v) is 1.85. The van der Waals surface area contributed by atoms with Gasteiger partial charge in [-0.05, 0) is 0 Å². The van der Waals surface area contributed by atoms with Gasteiger partial charge in [-0.25, -0.2) is 4.68 Å². The van der Waals surface area contributed by atoms with Gasteiger partial charge in [0.2, 0.25) is 5.16 Å². The number of aliphatic carboxylic acids is 1. The van der Waals surface area contributed by atoms with E-state index in [9.17, 15) is 9.59 Å². The summed E-state index contributed by atoms with van der Waals surface area (Å²) in [5.41, 5.74) is 0.0253. The minimum Gasteiger partial charge on any atom is -0.481 e. The molecule has 2 aromatic heterocycles. The van der Waals surface area contributed by atoms with E-state index in [1.165, 1.54) is 18.5 Å². The van der Waals surface area contributed by atoms with Crippen molar-refractivity contribution >= 4 is 17.7 Å². The fourth-order valence-electron chi connectivity index (χ4n) is 1.28. The van der Waals surface area contributed by atoms with Gasteiger partial charge >= 0.3 is 5.97 Å². The number of nitrogens with two attached hydrogens (primary N) is 1. The van der Waals surface area contributed by atoms with E-state index in [-0.39, 0.29) is 27.7 Å². The smallest absolute Gasteiger partial charge is 0.313 e. The number of pyridine rings is 1. The molecular weight excluding hydrogens is 258 g/mol. The molecule has 4 N–H and O–H groups in total. The van der Waals surface area contributed by atoms with Crippen LogP contribution in [0.5, 0.6) is 0 Å². The number of nitrogen functional groups attached to an aromatic ring is 1. The first kappa shape index (κ1) is 12.2. The Balaban J connectivity index is 2.34. The maximum Gasteiger partial charge on any atom is 0.313 e. The van der Waals surface area contributed by atoms with Crippen LogP contribution in [0.4, 0.5) is 0 Å². The van der Waals surface area contributed by atoms with Gasteiger partial charge in [0, 0.05) is 18.5 Å². The first-order valence-electron chi connectivity index (χ1n) is 4.82. The van der Waals surface area contributed by atoms with Crippen molar-refractivity contribution < 1.29 is 9.90 Å². The van der Waals surface area contributed by atoms with Crippen molar-refractivity contribution in [1.82, 2.24) is 19.9 Å². The Hall–Kier alpha value is -2.29. The molecule has 9 heteroatoms. The fraction of sp³-hybridized carbons (Fsp3) is 0.111. The highest BCUT2D eigenvalue weighted by molar-refractivity contribution is 7.99. The zero-order chi connectivity index (χ0) is 13.1. The normalized spacial score (nSPS) is 10.4. The third-order valence-electron chi connectivity index (χ3n) is 2.05. The summed E-state index contributed by atoms with van der Waals surface area (Å²) in [7, 11) is 0. The standard InChI is InChI=1S/C9H9N5O3S/c10-14-8(5-3-11-2-1-6(5)15)12-13-9(14)18-4-7(16)17/h1-3H,4,10H2,(H,11,15)(H,16,17). The van der Waals surface area contributed by atoms with Crippen LogP contribution in [0.15, 0.2) is 28.4 Å². The second-order valence-corrected chi connectivity index (χ2v) is 4.22. The van der Waals surface area contributed by atoms with E-state index in [2.05, 4.69) is 15.2 Å². The van der Waals surface area contributed by atoms with Crippen molar-refractivity contribution in [2.24, 2.45) is 0 Å². The second kappa shape index (κ2) is 4.92. The SMILES string of the molecule is Nn1c(SCC(=O)O)nnc1-c1c[nH]ccc1=O. The first-order valence-corrected chi connectivity index (χ1v) is 5.80. The number of aromatic amines is 1. The highest BCUT2D eigenvalue weighted by Crippen LogP contribution is 2.18. The topological polar surface area (TPSA) is 127 Å². The molecule has 0 saturated heterocycles. The summed E-state index contributed by atoms with van der Waals surface area (Å²) in [5.74, 6) is 4.74. The van der Waals surface area contributed by atoms with Crippen molar-refractivity contribution in [2.75, 3.05) is 11.6 Å². The highest BCUT2D eigenvalue weighted by Gasteiger charge is 2.15. The second-order valence-electron chi connectivity index (χ2n) is 3.28. The Kier molecular flexibility index (Phi) is 3.33. The number of hydrogen-bond donors (Lipinski definition) is 3. The summed E-state index contributed by atoms with van der Waals surface area (Å²) in [6, 6.07) is 1.34. The van der Waals surface area contributed by atoms with Gasteiger partial charge in [0.1, 0.15) is 0 Å². The van der Waals surface area contributed by atoms with Crippen LogP contribution in [0.2, 0.25) is 0 Å². The predicted molar refractivity (Wildman–Crippen MR) is 64.6 cm³/mol. The van der Waals surface area contributed by atoms with Crippen LogP contribution < -0.4 is 11.3 Å². The average molecular weight is 267 g/mol. The van der Waals surface area contributed by atoms with E-state index in [0.717, 1.165) is 16.4 Å². The molecule has 18 heavy (non-hydrogen) atoms. The number of thioether (sulfide) groups is 1. The molecule has 0 aliphatic heterocycles. The molecule has 2 heterocycles. The maximum absolute atomic E-state index is 11.6. The Morgan fingerprint density at radius 2 is 2.33 bits per heavy atom. The third kappa shape index (κ3) is 2.35. The van der Waals surface area contributed by atoms with Crippen LogP contribution in [0.1, 0.15) is 0 Å². The Morgan fingerprint density at radius 3 is 3.00 bits per heavy atom. The molecule has 0 spiro atoms. The quantitative estimate of drug-likeness (QED) is 0.504. The lowest BCUT2D eigenvalue weighted by molar-refractivity contribution is -0.133.